The molecule has 1 N–H and O–H groups in total. The SMILES string of the molecule is CCN(CC)C(=O)c1ccc(NC(=O)COC(=O)c2cccnc2)cc1. The predicted molar refractivity (Wildman–Crippen MR) is 96.8 cm³/mol. The second-order valence-corrected chi connectivity index (χ2v) is 5.42. The molecule has 7 nitrogen and oxygen atoms in total. The quantitative estimate of drug-likeness (QED) is 0.770. The summed E-state index contributed by atoms with van der Waals surface area (Å²) in [6, 6.07) is 9.74. The molecule has 0 aliphatic rings. The van der Waals surface area contributed by atoms with Crippen molar-refractivity contribution in [3.63, 3.8) is 0 Å². The van der Waals surface area contributed by atoms with Gasteiger partial charge in [0.05, 0.1) is 5.56 Å². The normalized spacial score (nSPS) is 10.1. The highest BCUT2D eigenvalue weighted by molar-refractivity contribution is 5.97. The summed E-state index contributed by atoms with van der Waals surface area (Å²) in [6.07, 6.45) is 2.91. The van der Waals surface area contributed by atoms with E-state index in [1.54, 1.807) is 41.3 Å². The summed E-state index contributed by atoms with van der Waals surface area (Å²) >= 11 is 0. The molecule has 0 unspecified atom stereocenters. The van der Waals surface area contributed by atoms with Crippen LogP contribution in [0.3, 0.4) is 0 Å². The topological polar surface area (TPSA) is 88.6 Å². The number of amides is 2. The number of ether oxygens (including phenoxy) is 1. The lowest BCUT2D eigenvalue weighted by Gasteiger charge is -2.18. The number of hydrogen-bond donors (Lipinski definition) is 1. The summed E-state index contributed by atoms with van der Waals surface area (Å²) in [5.74, 6) is -1.14. The number of anilines is 1. The number of hydrogen-bond acceptors (Lipinski definition) is 5. The Morgan fingerprint density at radius 3 is 2.31 bits per heavy atom. The molecular weight excluding hydrogens is 334 g/mol. The minimum atomic E-state index is -0.617. The molecule has 0 bridgehead atoms. The molecule has 2 rings (SSSR count). The van der Waals surface area contributed by atoms with E-state index < -0.39 is 18.5 Å². The molecule has 0 radical (unpaired) electrons. The van der Waals surface area contributed by atoms with Crippen molar-refractivity contribution in [1.82, 2.24) is 9.88 Å². The van der Waals surface area contributed by atoms with Crippen molar-refractivity contribution in [1.29, 1.82) is 0 Å². The highest BCUT2D eigenvalue weighted by Gasteiger charge is 2.13. The largest absolute Gasteiger partial charge is 0.452 e. The average molecular weight is 355 g/mol. The first kappa shape index (κ1) is 19.1. The predicted octanol–water partition coefficient (Wildman–Crippen LogP) is 2.36. The summed E-state index contributed by atoms with van der Waals surface area (Å²) < 4.78 is 4.93. The third-order valence-electron chi connectivity index (χ3n) is 3.70. The monoisotopic (exact) mass is 355 g/mol. The van der Waals surface area contributed by atoms with Crippen LogP contribution in [0, 0.1) is 0 Å². The molecule has 0 fully saturated rings. The summed E-state index contributed by atoms with van der Waals surface area (Å²) in [5.41, 5.74) is 1.35. The summed E-state index contributed by atoms with van der Waals surface area (Å²) in [4.78, 5) is 41.4. The molecule has 2 amide bonds. The fraction of sp³-hybridized carbons (Fsp3) is 0.263. The van der Waals surface area contributed by atoms with Crippen molar-refractivity contribution in [2.75, 3.05) is 25.0 Å². The first-order valence-corrected chi connectivity index (χ1v) is 8.31. The van der Waals surface area contributed by atoms with Crippen LogP contribution in [0.15, 0.2) is 48.8 Å². The third-order valence-corrected chi connectivity index (χ3v) is 3.70. The van der Waals surface area contributed by atoms with Crippen molar-refractivity contribution in [3.05, 3.63) is 59.9 Å². The van der Waals surface area contributed by atoms with Gasteiger partial charge in [-0.2, -0.15) is 0 Å². The molecule has 1 aromatic carbocycles. The minimum Gasteiger partial charge on any atom is -0.452 e. The fourth-order valence-corrected chi connectivity index (χ4v) is 2.28. The maximum absolute atomic E-state index is 12.2. The van der Waals surface area contributed by atoms with Crippen molar-refractivity contribution in [2.45, 2.75) is 13.8 Å². The molecule has 2 aromatic rings. The van der Waals surface area contributed by atoms with Crippen molar-refractivity contribution >= 4 is 23.5 Å². The van der Waals surface area contributed by atoms with Crippen LogP contribution in [0.5, 0.6) is 0 Å². The zero-order chi connectivity index (χ0) is 18.9. The van der Waals surface area contributed by atoms with Crippen molar-refractivity contribution < 1.29 is 19.1 Å². The van der Waals surface area contributed by atoms with E-state index >= 15 is 0 Å². The van der Waals surface area contributed by atoms with Crippen LogP contribution >= 0.6 is 0 Å². The molecule has 0 spiro atoms. The molecule has 0 aliphatic carbocycles. The van der Waals surface area contributed by atoms with Crippen LogP contribution in [0.4, 0.5) is 5.69 Å². The molecule has 1 heterocycles. The van der Waals surface area contributed by atoms with Gasteiger partial charge in [-0.05, 0) is 50.2 Å². The zero-order valence-corrected chi connectivity index (χ0v) is 14.8. The Morgan fingerprint density at radius 2 is 1.73 bits per heavy atom. The molecule has 0 saturated carbocycles. The van der Waals surface area contributed by atoms with Gasteiger partial charge in [-0.1, -0.05) is 0 Å². The molecule has 0 aliphatic heterocycles. The highest BCUT2D eigenvalue weighted by atomic mass is 16.5. The lowest BCUT2D eigenvalue weighted by atomic mass is 10.2. The molecule has 0 saturated heterocycles. The Hall–Kier alpha value is -3.22. The van der Waals surface area contributed by atoms with Crippen LogP contribution in [0.25, 0.3) is 0 Å². The van der Waals surface area contributed by atoms with E-state index in [0.29, 0.717) is 24.3 Å². The number of carbonyl (C=O) groups excluding carboxylic acids is 3. The molecular formula is C19H21N3O4. The summed E-state index contributed by atoms with van der Waals surface area (Å²) in [5, 5.41) is 2.62. The average Bonchev–Trinajstić information content (AvgIpc) is 2.68. The van der Waals surface area contributed by atoms with Gasteiger partial charge >= 0.3 is 5.97 Å². The number of aromatic nitrogens is 1. The highest BCUT2D eigenvalue weighted by Crippen LogP contribution is 2.12. The van der Waals surface area contributed by atoms with Crippen LogP contribution < -0.4 is 5.32 Å². The Bertz CT molecular complexity index is 756. The van der Waals surface area contributed by atoms with Gasteiger partial charge in [0.15, 0.2) is 6.61 Å². The molecule has 7 heteroatoms. The number of nitrogens with one attached hydrogen (secondary N) is 1. The van der Waals surface area contributed by atoms with Gasteiger partial charge in [0.1, 0.15) is 0 Å². The Morgan fingerprint density at radius 1 is 1.04 bits per heavy atom. The Kier molecular flexibility index (Phi) is 6.84. The number of carbonyl (C=O) groups is 3. The van der Waals surface area contributed by atoms with Gasteiger partial charge in [-0.25, -0.2) is 4.79 Å². The molecule has 26 heavy (non-hydrogen) atoms. The Labute approximate surface area is 152 Å². The van der Waals surface area contributed by atoms with E-state index in [1.165, 1.54) is 12.4 Å². The van der Waals surface area contributed by atoms with Gasteiger partial charge in [0.2, 0.25) is 0 Å². The standard InChI is InChI=1S/C19H21N3O4/c1-3-22(4-2)18(24)14-7-9-16(10-8-14)21-17(23)13-26-19(25)15-6-5-11-20-12-15/h5-12H,3-4,13H2,1-2H3,(H,21,23). The van der Waals surface area contributed by atoms with Gasteiger partial charge in [-0.3, -0.25) is 14.6 Å². The van der Waals surface area contributed by atoms with E-state index in [9.17, 15) is 14.4 Å². The number of nitrogens with zero attached hydrogens (tertiary/aromatic N) is 2. The maximum Gasteiger partial charge on any atom is 0.340 e. The van der Waals surface area contributed by atoms with Crippen molar-refractivity contribution in [2.24, 2.45) is 0 Å². The van der Waals surface area contributed by atoms with Crippen LogP contribution in [-0.4, -0.2) is 47.4 Å². The second kappa shape index (κ2) is 9.31. The first-order chi connectivity index (χ1) is 12.5. The van der Waals surface area contributed by atoms with E-state index in [-0.39, 0.29) is 11.5 Å². The van der Waals surface area contributed by atoms with Crippen molar-refractivity contribution in [3.8, 4) is 0 Å². The molecule has 1 aromatic heterocycles. The second-order valence-electron chi connectivity index (χ2n) is 5.42. The van der Waals surface area contributed by atoms with Crippen LogP contribution in [0.1, 0.15) is 34.6 Å². The van der Waals surface area contributed by atoms with Gasteiger partial charge < -0.3 is 15.0 Å². The first-order valence-electron chi connectivity index (χ1n) is 8.31. The Balaban J connectivity index is 1.87. The summed E-state index contributed by atoms with van der Waals surface area (Å²) in [6.45, 7) is 4.70. The summed E-state index contributed by atoms with van der Waals surface area (Å²) in [7, 11) is 0. The van der Waals surface area contributed by atoms with E-state index in [0.717, 1.165) is 0 Å². The molecule has 0 atom stereocenters. The third kappa shape index (κ3) is 5.14. The van der Waals surface area contributed by atoms with E-state index in [1.807, 2.05) is 13.8 Å². The zero-order valence-electron chi connectivity index (χ0n) is 14.8. The van der Waals surface area contributed by atoms with E-state index in [4.69, 9.17) is 4.74 Å². The number of rotatable bonds is 7. The van der Waals surface area contributed by atoms with Crippen LogP contribution in [-0.2, 0) is 9.53 Å². The lowest BCUT2D eigenvalue weighted by Crippen LogP contribution is -2.30. The minimum absolute atomic E-state index is 0.0572. The van der Waals surface area contributed by atoms with Gasteiger partial charge in [0, 0.05) is 36.7 Å². The maximum atomic E-state index is 12.2. The molecule has 136 valence electrons. The van der Waals surface area contributed by atoms with Crippen LogP contribution in [0.2, 0.25) is 0 Å². The number of pyridine rings is 1. The van der Waals surface area contributed by atoms with Gasteiger partial charge in [0.25, 0.3) is 11.8 Å². The van der Waals surface area contributed by atoms with E-state index in [2.05, 4.69) is 10.3 Å². The lowest BCUT2D eigenvalue weighted by molar-refractivity contribution is -0.119. The number of esters is 1. The number of benzene rings is 1. The van der Waals surface area contributed by atoms with Gasteiger partial charge in [-0.15, -0.1) is 0 Å². The smallest absolute Gasteiger partial charge is 0.340 e. The fourth-order valence-electron chi connectivity index (χ4n) is 2.28.